The summed E-state index contributed by atoms with van der Waals surface area (Å²) in [5, 5.41) is 1.63. The average molecular weight is 312 g/mol. The number of aromatic nitrogens is 1. The number of H-pyrrole nitrogens is 1. The Kier molecular flexibility index (Phi) is 2.98. The van der Waals surface area contributed by atoms with Crippen LogP contribution in [0, 0.1) is 0 Å². The molecule has 1 aliphatic rings. The molecule has 3 aromatic rings. The van der Waals surface area contributed by atoms with Crippen LogP contribution in [0.2, 0.25) is 5.02 Å². The van der Waals surface area contributed by atoms with Gasteiger partial charge in [0.25, 0.3) is 0 Å². The van der Waals surface area contributed by atoms with Crippen molar-refractivity contribution in [3.8, 4) is 17.0 Å². The van der Waals surface area contributed by atoms with Gasteiger partial charge in [-0.05, 0) is 53.9 Å². The summed E-state index contributed by atoms with van der Waals surface area (Å²) in [5.41, 5.74) is 4.92. The highest BCUT2D eigenvalue weighted by atomic mass is 35.5. The van der Waals surface area contributed by atoms with E-state index in [1.807, 2.05) is 30.3 Å². The van der Waals surface area contributed by atoms with Crippen LogP contribution in [-0.2, 0) is 6.42 Å². The molecule has 1 N–H and O–H groups in total. The van der Waals surface area contributed by atoms with Crippen LogP contribution in [0.5, 0.6) is 5.75 Å². The summed E-state index contributed by atoms with van der Waals surface area (Å²) in [6, 6.07) is 11.5. The number of aryl methyl sites for hydroxylation is 1. The van der Waals surface area contributed by atoms with Crippen molar-refractivity contribution < 1.29 is 9.53 Å². The summed E-state index contributed by atoms with van der Waals surface area (Å²) < 4.78 is 5.21. The van der Waals surface area contributed by atoms with Gasteiger partial charge in [-0.3, -0.25) is 4.79 Å². The Bertz CT molecular complexity index is 894. The number of benzene rings is 2. The minimum absolute atomic E-state index is 0.189. The van der Waals surface area contributed by atoms with Crippen molar-refractivity contribution in [2.24, 2.45) is 0 Å². The zero-order chi connectivity index (χ0) is 15.3. The number of carbonyl (C=O) groups excluding carboxylic acids is 1. The summed E-state index contributed by atoms with van der Waals surface area (Å²) in [7, 11) is 1.65. The molecule has 0 fully saturated rings. The van der Waals surface area contributed by atoms with Crippen molar-refractivity contribution >= 4 is 28.3 Å². The van der Waals surface area contributed by atoms with E-state index in [1.54, 1.807) is 13.2 Å². The first-order valence-electron chi connectivity index (χ1n) is 7.19. The molecule has 0 amide bonds. The molecule has 22 heavy (non-hydrogen) atoms. The van der Waals surface area contributed by atoms with Gasteiger partial charge in [-0.25, -0.2) is 0 Å². The lowest BCUT2D eigenvalue weighted by Crippen LogP contribution is -2.08. The van der Waals surface area contributed by atoms with E-state index in [9.17, 15) is 4.79 Å². The molecule has 0 radical (unpaired) electrons. The second-order valence-corrected chi connectivity index (χ2v) is 5.88. The van der Waals surface area contributed by atoms with E-state index in [-0.39, 0.29) is 5.78 Å². The van der Waals surface area contributed by atoms with E-state index in [0.29, 0.717) is 11.4 Å². The predicted molar refractivity (Wildman–Crippen MR) is 87.9 cm³/mol. The number of methoxy groups -OCH3 is 1. The number of ketones is 1. The molecule has 4 heteroatoms. The quantitative estimate of drug-likeness (QED) is 0.750. The van der Waals surface area contributed by atoms with Crippen LogP contribution in [0.25, 0.3) is 22.2 Å². The van der Waals surface area contributed by atoms with Crippen LogP contribution in [0.4, 0.5) is 0 Å². The molecular formula is C18H14ClNO2. The van der Waals surface area contributed by atoms with Crippen LogP contribution in [-0.4, -0.2) is 17.9 Å². The molecule has 110 valence electrons. The molecule has 0 unspecified atom stereocenters. The first-order chi connectivity index (χ1) is 10.7. The number of ether oxygens (including phenoxy) is 1. The molecule has 0 spiro atoms. The molecule has 1 aromatic heterocycles. The third-order valence-electron chi connectivity index (χ3n) is 4.29. The SMILES string of the molecule is COc1ccc(-c2[nH]c3c(Cl)ccc4c3c2CCC4=O)cc1. The highest BCUT2D eigenvalue weighted by Crippen LogP contribution is 2.39. The maximum atomic E-state index is 12.1. The molecule has 2 aromatic carbocycles. The normalized spacial score (nSPS) is 13.6. The average Bonchev–Trinajstić information content (AvgIpc) is 2.94. The molecule has 0 aliphatic heterocycles. The number of rotatable bonds is 2. The number of nitrogens with one attached hydrogen (secondary N) is 1. The third kappa shape index (κ3) is 1.86. The summed E-state index contributed by atoms with van der Waals surface area (Å²) in [6.45, 7) is 0. The molecule has 0 atom stereocenters. The van der Waals surface area contributed by atoms with E-state index in [2.05, 4.69) is 4.98 Å². The zero-order valence-electron chi connectivity index (χ0n) is 12.1. The fourth-order valence-electron chi connectivity index (χ4n) is 3.20. The van der Waals surface area contributed by atoms with Crippen LogP contribution >= 0.6 is 11.6 Å². The number of aromatic amines is 1. The Labute approximate surface area is 132 Å². The minimum Gasteiger partial charge on any atom is -0.497 e. The first-order valence-corrected chi connectivity index (χ1v) is 7.57. The maximum absolute atomic E-state index is 12.1. The van der Waals surface area contributed by atoms with E-state index in [0.717, 1.165) is 39.9 Å². The Hall–Kier alpha value is -2.26. The van der Waals surface area contributed by atoms with E-state index >= 15 is 0 Å². The Morgan fingerprint density at radius 2 is 1.86 bits per heavy atom. The van der Waals surface area contributed by atoms with Crippen LogP contribution < -0.4 is 4.74 Å². The number of hydrogen-bond acceptors (Lipinski definition) is 2. The van der Waals surface area contributed by atoms with Crippen LogP contribution in [0.1, 0.15) is 22.3 Å². The molecule has 1 aliphatic carbocycles. The van der Waals surface area contributed by atoms with Crippen molar-refractivity contribution in [3.63, 3.8) is 0 Å². The summed E-state index contributed by atoms with van der Waals surface area (Å²) in [6.07, 6.45) is 1.29. The number of Topliss-reactive ketones (excluding diaryl/α,β-unsaturated/α-hetero) is 1. The lowest BCUT2D eigenvalue weighted by molar-refractivity contribution is 0.0982. The Balaban J connectivity index is 1.99. The van der Waals surface area contributed by atoms with Crippen molar-refractivity contribution in [1.82, 2.24) is 4.98 Å². The van der Waals surface area contributed by atoms with Gasteiger partial charge in [0.05, 0.1) is 17.6 Å². The standard InChI is InChI=1S/C18H14ClNO2/c1-22-11-4-2-10(3-5-11)17-13-7-9-15(21)12-6-8-14(19)18(20-17)16(12)13/h2-6,8,20H,7,9H2,1H3. The fraction of sp³-hybridized carbons (Fsp3) is 0.167. The monoisotopic (exact) mass is 311 g/mol. The smallest absolute Gasteiger partial charge is 0.163 e. The van der Waals surface area contributed by atoms with E-state index in [4.69, 9.17) is 16.3 Å². The van der Waals surface area contributed by atoms with Crippen LogP contribution in [0.3, 0.4) is 0 Å². The minimum atomic E-state index is 0.189. The molecule has 1 heterocycles. The van der Waals surface area contributed by atoms with E-state index < -0.39 is 0 Å². The fourth-order valence-corrected chi connectivity index (χ4v) is 3.40. The molecular weight excluding hydrogens is 298 g/mol. The summed E-state index contributed by atoms with van der Waals surface area (Å²) in [5.74, 6) is 1.01. The molecule has 4 rings (SSSR count). The van der Waals surface area contributed by atoms with Gasteiger partial charge in [-0.2, -0.15) is 0 Å². The molecule has 3 nitrogen and oxygen atoms in total. The Morgan fingerprint density at radius 1 is 1.09 bits per heavy atom. The first kappa shape index (κ1) is 13.4. The maximum Gasteiger partial charge on any atom is 0.163 e. The second-order valence-electron chi connectivity index (χ2n) is 5.48. The van der Waals surface area contributed by atoms with E-state index in [1.165, 1.54) is 5.56 Å². The van der Waals surface area contributed by atoms with Gasteiger partial charge >= 0.3 is 0 Å². The largest absolute Gasteiger partial charge is 0.497 e. The van der Waals surface area contributed by atoms with Crippen molar-refractivity contribution in [1.29, 1.82) is 0 Å². The highest BCUT2D eigenvalue weighted by Gasteiger charge is 2.25. The van der Waals surface area contributed by atoms with Gasteiger partial charge in [0.2, 0.25) is 0 Å². The molecule has 0 saturated heterocycles. The topological polar surface area (TPSA) is 42.1 Å². The zero-order valence-corrected chi connectivity index (χ0v) is 12.8. The highest BCUT2D eigenvalue weighted by molar-refractivity contribution is 6.36. The van der Waals surface area contributed by atoms with Crippen molar-refractivity contribution in [2.45, 2.75) is 12.8 Å². The van der Waals surface area contributed by atoms with Crippen LogP contribution in [0.15, 0.2) is 36.4 Å². The lowest BCUT2D eigenvalue weighted by Gasteiger charge is -2.13. The van der Waals surface area contributed by atoms with Gasteiger partial charge < -0.3 is 9.72 Å². The van der Waals surface area contributed by atoms with Gasteiger partial charge in [0.1, 0.15) is 5.75 Å². The van der Waals surface area contributed by atoms with Crippen molar-refractivity contribution in [3.05, 3.63) is 52.5 Å². The van der Waals surface area contributed by atoms with Gasteiger partial charge in [0.15, 0.2) is 5.78 Å². The lowest BCUT2D eigenvalue weighted by atomic mass is 9.89. The number of hydrogen-bond donors (Lipinski definition) is 1. The number of halogens is 1. The van der Waals surface area contributed by atoms with Gasteiger partial charge in [0, 0.05) is 23.1 Å². The third-order valence-corrected chi connectivity index (χ3v) is 4.60. The number of carbonyl (C=O) groups is 1. The summed E-state index contributed by atoms with van der Waals surface area (Å²) >= 11 is 6.32. The Morgan fingerprint density at radius 3 is 2.59 bits per heavy atom. The van der Waals surface area contributed by atoms with Gasteiger partial charge in [-0.1, -0.05) is 11.6 Å². The second kappa shape index (κ2) is 4.89. The van der Waals surface area contributed by atoms with Crippen molar-refractivity contribution in [2.75, 3.05) is 7.11 Å². The molecule has 0 saturated carbocycles. The molecule has 0 bridgehead atoms. The summed E-state index contributed by atoms with van der Waals surface area (Å²) in [4.78, 5) is 15.6. The van der Waals surface area contributed by atoms with Gasteiger partial charge in [-0.15, -0.1) is 0 Å². The predicted octanol–water partition coefficient (Wildman–Crippen LogP) is 4.63.